The maximum absolute atomic E-state index is 5.73. The van der Waals surface area contributed by atoms with Crippen LogP contribution < -0.4 is 5.84 Å². The molecule has 0 unspecified atom stereocenters. The summed E-state index contributed by atoms with van der Waals surface area (Å²) in [5.74, 6) is 5.73. The average Bonchev–Trinajstić information content (AvgIpc) is 2.68. The van der Waals surface area contributed by atoms with Gasteiger partial charge in [-0.1, -0.05) is 12.7 Å². The molecule has 2 nitrogen and oxygen atoms in total. The Morgan fingerprint density at radius 2 is 2.30 bits per heavy atom. The van der Waals surface area contributed by atoms with E-state index in [-0.39, 0.29) is 0 Å². The highest BCUT2D eigenvalue weighted by molar-refractivity contribution is 5.08. The standard InChI is InChI=1S/C8H14N2/c1-3-4-7(2)10(9)8-5-6-8/h3-4,8H,1,5-6,9H2,2H3/b7-4+. The van der Waals surface area contributed by atoms with Crippen LogP contribution in [0.25, 0.3) is 0 Å². The summed E-state index contributed by atoms with van der Waals surface area (Å²) in [6.45, 7) is 5.60. The van der Waals surface area contributed by atoms with Gasteiger partial charge in [0.1, 0.15) is 0 Å². The molecule has 0 atom stereocenters. The quantitative estimate of drug-likeness (QED) is 0.363. The minimum atomic E-state index is 0.594. The minimum Gasteiger partial charge on any atom is -0.312 e. The van der Waals surface area contributed by atoms with E-state index in [0.29, 0.717) is 6.04 Å². The van der Waals surface area contributed by atoms with Gasteiger partial charge in [0.2, 0.25) is 0 Å². The van der Waals surface area contributed by atoms with Gasteiger partial charge in [0, 0.05) is 11.7 Å². The molecule has 1 rings (SSSR count). The van der Waals surface area contributed by atoms with Gasteiger partial charge in [0.25, 0.3) is 0 Å². The Balaban J connectivity index is 2.45. The molecule has 0 radical (unpaired) electrons. The molecule has 1 aliphatic carbocycles. The van der Waals surface area contributed by atoms with Crippen molar-refractivity contribution in [3.8, 4) is 0 Å². The summed E-state index contributed by atoms with van der Waals surface area (Å²) >= 11 is 0. The first-order chi connectivity index (χ1) is 4.75. The largest absolute Gasteiger partial charge is 0.312 e. The minimum absolute atomic E-state index is 0.594. The van der Waals surface area contributed by atoms with Gasteiger partial charge in [-0.15, -0.1) is 0 Å². The van der Waals surface area contributed by atoms with Gasteiger partial charge in [0.15, 0.2) is 0 Å². The second-order valence-electron chi connectivity index (χ2n) is 2.68. The van der Waals surface area contributed by atoms with Gasteiger partial charge in [-0.2, -0.15) is 0 Å². The smallest absolute Gasteiger partial charge is 0.0450 e. The lowest BCUT2D eigenvalue weighted by Gasteiger charge is -2.17. The van der Waals surface area contributed by atoms with E-state index >= 15 is 0 Å². The van der Waals surface area contributed by atoms with E-state index in [1.165, 1.54) is 12.8 Å². The summed E-state index contributed by atoms with van der Waals surface area (Å²) < 4.78 is 0. The van der Waals surface area contributed by atoms with Crippen molar-refractivity contribution in [2.45, 2.75) is 25.8 Å². The second kappa shape index (κ2) is 2.88. The van der Waals surface area contributed by atoms with Crippen LogP contribution in [0.1, 0.15) is 19.8 Å². The van der Waals surface area contributed by atoms with E-state index in [9.17, 15) is 0 Å². The Kier molecular flexibility index (Phi) is 2.12. The summed E-state index contributed by atoms with van der Waals surface area (Å²) in [5.41, 5.74) is 1.09. The zero-order valence-corrected chi connectivity index (χ0v) is 6.38. The highest BCUT2D eigenvalue weighted by atomic mass is 15.4. The Labute approximate surface area is 62.0 Å². The highest BCUT2D eigenvalue weighted by Gasteiger charge is 2.26. The summed E-state index contributed by atoms with van der Waals surface area (Å²) in [7, 11) is 0. The third kappa shape index (κ3) is 1.61. The summed E-state index contributed by atoms with van der Waals surface area (Å²) in [5, 5.41) is 1.82. The molecule has 2 N–H and O–H groups in total. The first-order valence-electron chi connectivity index (χ1n) is 3.59. The van der Waals surface area contributed by atoms with Crippen molar-refractivity contribution in [1.82, 2.24) is 5.01 Å². The van der Waals surface area contributed by atoms with Crippen LogP contribution in [0.5, 0.6) is 0 Å². The Bertz CT molecular complexity index is 157. The summed E-state index contributed by atoms with van der Waals surface area (Å²) in [6, 6.07) is 0.594. The lowest BCUT2D eigenvalue weighted by molar-refractivity contribution is 0.349. The zero-order valence-electron chi connectivity index (χ0n) is 6.38. The topological polar surface area (TPSA) is 29.3 Å². The lowest BCUT2D eigenvalue weighted by atomic mass is 10.4. The number of hydrogen-bond donors (Lipinski definition) is 1. The van der Waals surface area contributed by atoms with Crippen molar-refractivity contribution in [2.75, 3.05) is 0 Å². The van der Waals surface area contributed by atoms with Crippen molar-refractivity contribution in [2.24, 2.45) is 5.84 Å². The van der Waals surface area contributed by atoms with E-state index in [2.05, 4.69) is 6.58 Å². The number of nitrogens with two attached hydrogens (primary N) is 1. The van der Waals surface area contributed by atoms with Gasteiger partial charge >= 0.3 is 0 Å². The number of hydrogen-bond acceptors (Lipinski definition) is 2. The maximum atomic E-state index is 5.73. The normalized spacial score (nSPS) is 18.8. The predicted molar refractivity (Wildman–Crippen MR) is 43.0 cm³/mol. The molecule has 0 aromatic rings. The fourth-order valence-electron chi connectivity index (χ4n) is 0.897. The van der Waals surface area contributed by atoms with Crippen molar-refractivity contribution >= 4 is 0 Å². The number of hydrazine groups is 1. The number of allylic oxidation sites excluding steroid dienone is 3. The van der Waals surface area contributed by atoms with Gasteiger partial charge in [-0.25, -0.2) is 5.84 Å². The first kappa shape index (κ1) is 7.35. The Hall–Kier alpha value is -0.760. The van der Waals surface area contributed by atoms with Crippen LogP contribution >= 0.6 is 0 Å². The average molecular weight is 138 g/mol. The van der Waals surface area contributed by atoms with Crippen molar-refractivity contribution in [3.05, 3.63) is 24.4 Å². The Morgan fingerprint density at radius 1 is 1.70 bits per heavy atom. The number of rotatable bonds is 3. The van der Waals surface area contributed by atoms with Crippen LogP contribution in [0.15, 0.2) is 24.4 Å². The molecule has 1 aliphatic rings. The van der Waals surface area contributed by atoms with Gasteiger partial charge in [-0.3, -0.25) is 0 Å². The Morgan fingerprint density at radius 3 is 2.70 bits per heavy atom. The molecule has 0 bridgehead atoms. The van der Waals surface area contributed by atoms with Gasteiger partial charge in [0.05, 0.1) is 0 Å². The lowest BCUT2D eigenvalue weighted by Crippen LogP contribution is -2.31. The fourth-order valence-corrected chi connectivity index (χ4v) is 0.897. The van der Waals surface area contributed by atoms with E-state index in [1.54, 1.807) is 6.08 Å². The molecule has 1 saturated carbocycles. The predicted octanol–water partition coefficient (Wildman–Crippen LogP) is 1.41. The first-order valence-corrected chi connectivity index (χ1v) is 3.59. The second-order valence-corrected chi connectivity index (χ2v) is 2.68. The molecule has 0 aromatic heterocycles. The van der Waals surface area contributed by atoms with E-state index < -0.39 is 0 Å². The maximum Gasteiger partial charge on any atom is 0.0450 e. The van der Waals surface area contributed by atoms with E-state index in [1.807, 2.05) is 18.0 Å². The van der Waals surface area contributed by atoms with Crippen LogP contribution in [0, 0.1) is 0 Å². The molecule has 0 spiro atoms. The van der Waals surface area contributed by atoms with Crippen LogP contribution in [0.4, 0.5) is 0 Å². The molecule has 2 heteroatoms. The van der Waals surface area contributed by atoms with Crippen LogP contribution in [0.2, 0.25) is 0 Å². The molecule has 56 valence electrons. The molecule has 0 saturated heterocycles. The molecule has 10 heavy (non-hydrogen) atoms. The third-order valence-corrected chi connectivity index (χ3v) is 1.71. The summed E-state index contributed by atoms with van der Waals surface area (Å²) in [4.78, 5) is 0. The van der Waals surface area contributed by atoms with Crippen molar-refractivity contribution < 1.29 is 0 Å². The molecule has 0 aliphatic heterocycles. The number of nitrogens with zero attached hydrogens (tertiary/aromatic N) is 1. The van der Waals surface area contributed by atoms with Crippen LogP contribution in [0.3, 0.4) is 0 Å². The van der Waals surface area contributed by atoms with Gasteiger partial charge in [-0.05, 0) is 25.8 Å². The van der Waals surface area contributed by atoms with E-state index in [0.717, 1.165) is 5.70 Å². The molecular weight excluding hydrogens is 124 g/mol. The zero-order chi connectivity index (χ0) is 7.56. The molecule has 0 amide bonds. The van der Waals surface area contributed by atoms with Crippen LogP contribution in [-0.2, 0) is 0 Å². The van der Waals surface area contributed by atoms with Crippen LogP contribution in [-0.4, -0.2) is 11.1 Å². The monoisotopic (exact) mass is 138 g/mol. The summed E-state index contributed by atoms with van der Waals surface area (Å²) in [6.07, 6.45) is 6.16. The fraction of sp³-hybridized carbons (Fsp3) is 0.500. The van der Waals surface area contributed by atoms with Gasteiger partial charge < -0.3 is 5.01 Å². The third-order valence-electron chi connectivity index (χ3n) is 1.71. The molecular formula is C8H14N2. The van der Waals surface area contributed by atoms with E-state index in [4.69, 9.17) is 5.84 Å². The highest BCUT2D eigenvalue weighted by Crippen LogP contribution is 2.26. The molecule has 0 aromatic carbocycles. The van der Waals surface area contributed by atoms with Crippen molar-refractivity contribution in [3.63, 3.8) is 0 Å². The van der Waals surface area contributed by atoms with Crippen molar-refractivity contribution in [1.29, 1.82) is 0 Å². The SMILES string of the molecule is C=C/C=C(\C)N(N)C1CC1. The molecule has 0 heterocycles. The molecule has 1 fully saturated rings.